The number of carbonyl (C=O) groups is 1. The first-order valence-electron chi connectivity index (χ1n) is 6.92. The molecule has 0 spiro atoms. The number of nitrogens with one attached hydrogen (secondary N) is 2. The number of methoxy groups -OCH3 is 1. The van der Waals surface area contributed by atoms with Gasteiger partial charge in [0.2, 0.25) is 0 Å². The largest absolute Gasteiger partial charge is 0.497 e. The van der Waals surface area contributed by atoms with Gasteiger partial charge < -0.3 is 10.1 Å². The highest BCUT2D eigenvalue weighted by Crippen LogP contribution is 2.22. The molecule has 6 heteroatoms. The molecule has 2 aromatic carbocycles. The maximum atomic E-state index is 13.1. The lowest BCUT2D eigenvalue weighted by molar-refractivity contribution is 0.102. The molecule has 5 nitrogen and oxygen atoms in total. The Morgan fingerprint density at radius 1 is 1.17 bits per heavy atom. The van der Waals surface area contributed by atoms with Crippen LogP contribution in [0.15, 0.2) is 54.6 Å². The number of hydrogen-bond donors (Lipinski definition) is 2. The highest BCUT2D eigenvalue weighted by molar-refractivity contribution is 6.03. The first kappa shape index (κ1) is 14.8. The summed E-state index contributed by atoms with van der Waals surface area (Å²) >= 11 is 0. The second kappa shape index (κ2) is 6.31. The number of rotatable bonds is 4. The van der Waals surface area contributed by atoms with Crippen LogP contribution in [0.3, 0.4) is 0 Å². The van der Waals surface area contributed by atoms with Crippen molar-refractivity contribution in [3.63, 3.8) is 0 Å². The third-order valence-corrected chi connectivity index (χ3v) is 3.27. The zero-order chi connectivity index (χ0) is 16.2. The molecule has 3 rings (SSSR count). The molecule has 0 aliphatic carbocycles. The summed E-state index contributed by atoms with van der Waals surface area (Å²) in [7, 11) is 1.58. The van der Waals surface area contributed by atoms with Crippen LogP contribution in [-0.2, 0) is 0 Å². The Morgan fingerprint density at radius 2 is 2.00 bits per heavy atom. The molecule has 1 aromatic heterocycles. The van der Waals surface area contributed by atoms with E-state index in [9.17, 15) is 9.18 Å². The number of carbonyl (C=O) groups excluding carboxylic acids is 1. The van der Waals surface area contributed by atoms with E-state index in [1.807, 2.05) is 24.3 Å². The van der Waals surface area contributed by atoms with Crippen LogP contribution in [0.1, 0.15) is 10.5 Å². The predicted molar refractivity (Wildman–Crippen MR) is 84.9 cm³/mol. The van der Waals surface area contributed by atoms with Gasteiger partial charge in [-0.05, 0) is 36.4 Å². The average Bonchev–Trinajstić information content (AvgIpc) is 3.05. The van der Waals surface area contributed by atoms with Crippen molar-refractivity contribution in [3.05, 3.63) is 66.1 Å². The van der Waals surface area contributed by atoms with Gasteiger partial charge in [0.15, 0.2) is 0 Å². The number of benzene rings is 2. The number of hydrogen-bond acceptors (Lipinski definition) is 3. The van der Waals surface area contributed by atoms with Crippen LogP contribution in [-0.4, -0.2) is 23.2 Å². The number of aromatic amines is 1. The first-order valence-corrected chi connectivity index (χ1v) is 6.92. The Morgan fingerprint density at radius 3 is 2.78 bits per heavy atom. The minimum atomic E-state index is -0.413. The minimum absolute atomic E-state index is 0.284. The van der Waals surface area contributed by atoms with E-state index >= 15 is 0 Å². The maximum absolute atomic E-state index is 13.1. The van der Waals surface area contributed by atoms with Crippen LogP contribution in [0.25, 0.3) is 11.3 Å². The molecule has 0 aliphatic rings. The number of H-pyrrole nitrogens is 1. The number of aromatic nitrogens is 2. The molecule has 3 aromatic rings. The molecule has 0 bridgehead atoms. The van der Waals surface area contributed by atoms with E-state index < -0.39 is 11.7 Å². The zero-order valence-corrected chi connectivity index (χ0v) is 12.3. The molecule has 0 fully saturated rings. The Balaban J connectivity index is 1.79. The lowest BCUT2D eigenvalue weighted by Gasteiger charge is -2.03. The summed E-state index contributed by atoms with van der Waals surface area (Å²) in [6.45, 7) is 0. The monoisotopic (exact) mass is 311 g/mol. The molecule has 1 heterocycles. The van der Waals surface area contributed by atoms with Gasteiger partial charge in [-0.1, -0.05) is 18.2 Å². The van der Waals surface area contributed by atoms with Crippen molar-refractivity contribution in [2.45, 2.75) is 0 Å². The molecule has 1 amide bonds. The van der Waals surface area contributed by atoms with Crippen molar-refractivity contribution in [2.24, 2.45) is 0 Å². The summed E-state index contributed by atoms with van der Waals surface area (Å²) in [5.74, 6) is -0.0991. The zero-order valence-electron chi connectivity index (χ0n) is 12.3. The summed E-state index contributed by atoms with van der Waals surface area (Å²) < 4.78 is 18.3. The summed E-state index contributed by atoms with van der Waals surface area (Å²) in [5.41, 5.74) is 2.11. The third-order valence-electron chi connectivity index (χ3n) is 3.27. The summed E-state index contributed by atoms with van der Waals surface area (Å²) in [4.78, 5) is 12.2. The maximum Gasteiger partial charge on any atom is 0.273 e. The average molecular weight is 311 g/mol. The Bertz CT molecular complexity index is 845. The van der Waals surface area contributed by atoms with E-state index in [0.717, 1.165) is 5.56 Å². The molecule has 0 saturated carbocycles. The number of nitrogens with zero attached hydrogens (tertiary/aromatic N) is 1. The van der Waals surface area contributed by atoms with E-state index in [1.165, 1.54) is 18.2 Å². The second-order valence-electron chi connectivity index (χ2n) is 4.86. The molecule has 0 saturated heterocycles. The fourth-order valence-electron chi connectivity index (χ4n) is 2.13. The normalized spacial score (nSPS) is 10.3. The summed E-state index contributed by atoms with van der Waals surface area (Å²) in [5, 5.41) is 9.42. The molecule has 23 heavy (non-hydrogen) atoms. The molecule has 0 aliphatic heterocycles. The van der Waals surface area contributed by atoms with Gasteiger partial charge in [-0.25, -0.2) is 4.39 Å². The van der Waals surface area contributed by atoms with Gasteiger partial charge in [-0.15, -0.1) is 0 Å². The quantitative estimate of drug-likeness (QED) is 0.775. The van der Waals surface area contributed by atoms with Crippen molar-refractivity contribution in [1.82, 2.24) is 10.2 Å². The van der Waals surface area contributed by atoms with E-state index in [0.29, 0.717) is 17.1 Å². The van der Waals surface area contributed by atoms with E-state index in [2.05, 4.69) is 15.5 Å². The van der Waals surface area contributed by atoms with Crippen molar-refractivity contribution >= 4 is 11.6 Å². The Kier molecular flexibility index (Phi) is 4.05. The molecule has 0 radical (unpaired) electrons. The first-order chi connectivity index (χ1) is 11.2. The number of anilines is 1. The Labute approximate surface area is 132 Å². The minimum Gasteiger partial charge on any atom is -0.497 e. The van der Waals surface area contributed by atoms with Gasteiger partial charge >= 0.3 is 0 Å². The lowest BCUT2D eigenvalue weighted by Crippen LogP contribution is -2.12. The van der Waals surface area contributed by atoms with Crippen molar-refractivity contribution in [1.29, 1.82) is 0 Å². The third kappa shape index (κ3) is 3.37. The lowest BCUT2D eigenvalue weighted by atomic mass is 10.1. The molecular formula is C17H14FN3O2. The highest BCUT2D eigenvalue weighted by Gasteiger charge is 2.12. The van der Waals surface area contributed by atoms with Gasteiger partial charge in [0.05, 0.1) is 12.8 Å². The van der Waals surface area contributed by atoms with Crippen LogP contribution in [0, 0.1) is 5.82 Å². The predicted octanol–water partition coefficient (Wildman–Crippen LogP) is 3.48. The fraction of sp³-hybridized carbons (Fsp3) is 0.0588. The molecule has 116 valence electrons. The molecule has 2 N–H and O–H groups in total. The standard InChI is InChI=1S/C17H14FN3O2/c1-23-14-7-2-4-11(8-14)15-10-16(21-20-15)17(22)19-13-6-3-5-12(18)9-13/h2-10H,1H3,(H,19,22)(H,20,21). The van der Waals surface area contributed by atoms with Gasteiger partial charge in [-0.3, -0.25) is 9.89 Å². The van der Waals surface area contributed by atoms with Gasteiger partial charge in [0.25, 0.3) is 5.91 Å². The summed E-state index contributed by atoms with van der Waals surface area (Å²) in [6.07, 6.45) is 0. The summed E-state index contributed by atoms with van der Waals surface area (Å²) in [6, 6.07) is 14.7. The second-order valence-corrected chi connectivity index (χ2v) is 4.86. The number of ether oxygens (including phenoxy) is 1. The van der Waals surface area contributed by atoms with Crippen LogP contribution in [0.4, 0.5) is 10.1 Å². The van der Waals surface area contributed by atoms with E-state index in [1.54, 1.807) is 19.2 Å². The SMILES string of the molecule is COc1cccc(-c2cc(C(=O)Nc3cccc(F)c3)[nH]n2)c1. The van der Waals surface area contributed by atoms with Crippen LogP contribution in [0.5, 0.6) is 5.75 Å². The van der Waals surface area contributed by atoms with Crippen molar-refractivity contribution in [2.75, 3.05) is 12.4 Å². The van der Waals surface area contributed by atoms with Gasteiger partial charge in [-0.2, -0.15) is 5.10 Å². The molecule has 0 unspecified atom stereocenters. The molecule has 0 atom stereocenters. The smallest absolute Gasteiger partial charge is 0.273 e. The van der Waals surface area contributed by atoms with Crippen molar-refractivity contribution < 1.29 is 13.9 Å². The van der Waals surface area contributed by atoms with Gasteiger partial charge in [0.1, 0.15) is 17.3 Å². The van der Waals surface area contributed by atoms with E-state index in [4.69, 9.17) is 4.74 Å². The Hall–Kier alpha value is -3.15. The highest BCUT2D eigenvalue weighted by atomic mass is 19.1. The topological polar surface area (TPSA) is 67.0 Å². The van der Waals surface area contributed by atoms with Crippen LogP contribution < -0.4 is 10.1 Å². The fourth-order valence-corrected chi connectivity index (χ4v) is 2.13. The van der Waals surface area contributed by atoms with Gasteiger partial charge in [0, 0.05) is 11.3 Å². The van der Waals surface area contributed by atoms with Crippen molar-refractivity contribution in [3.8, 4) is 17.0 Å². The molecular weight excluding hydrogens is 297 g/mol. The van der Waals surface area contributed by atoms with Crippen LogP contribution >= 0.6 is 0 Å². The van der Waals surface area contributed by atoms with Crippen LogP contribution in [0.2, 0.25) is 0 Å². The number of halogens is 1. The van der Waals surface area contributed by atoms with E-state index in [-0.39, 0.29) is 5.69 Å². The number of amides is 1.